The first-order valence-electron chi connectivity index (χ1n) is 17.5. The predicted octanol–water partition coefficient (Wildman–Crippen LogP) is 7.85. The Bertz CT molecular complexity index is 2040. The highest BCUT2D eigenvalue weighted by molar-refractivity contribution is 6.35. The highest BCUT2D eigenvalue weighted by Crippen LogP contribution is 2.43. The molecule has 0 amide bonds. The molecule has 0 saturated heterocycles. The number of rotatable bonds is 12. The second kappa shape index (κ2) is 15.6. The van der Waals surface area contributed by atoms with Gasteiger partial charge in [0.25, 0.3) is 0 Å². The molecule has 264 valence electrons. The van der Waals surface area contributed by atoms with E-state index >= 15 is 0 Å². The van der Waals surface area contributed by atoms with Gasteiger partial charge in [-0.25, -0.2) is 9.18 Å². The monoisotopic (exact) mass is 702 g/mol. The molecular weight excluding hydrogens is 659 g/mol. The Morgan fingerprint density at radius 3 is 2.60 bits per heavy atom. The van der Waals surface area contributed by atoms with Gasteiger partial charge in [-0.2, -0.15) is 5.10 Å². The van der Waals surface area contributed by atoms with Crippen molar-refractivity contribution in [2.45, 2.75) is 65.3 Å². The molecule has 0 saturated carbocycles. The molecule has 0 bridgehead atoms. The Hall–Kier alpha value is -4.41. The van der Waals surface area contributed by atoms with Gasteiger partial charge in [-0.15, -0.1) is 0 Å². The van der Waals surface area contributed by atoms with Crippen LogP contribution in [-0.2, 0) is 42.4 Å². The molecule has 50 heavy (non-hydrogen) atoms. The fraction of sp³-hybridized carbons (Fsp3) is 0.410. The number of aryl methyl sites for hydroxylation is 3. The average Bonchev–Trinajstić information content (AvgIpc) is 3.56. The number of nitrogens with zero attached hydrogens (tertiary/aromatic N) is 4. The van der Waals surface area contributed by atoms with Gasteiger partial charge >= 0.3 is 11.9 Å². The van der Waals surface area contributed by atoms with Crippen LogP contribution in [0.15, 0.2) is 48.5 Å². The number of hydrogen-bond acceptors (Lipinski definition) is 6. The number of fused-ring (bicyclic) bond motifs is 3. The molecule has 1 aliphatic rings. The van der Waals surface area contributed by atoms with Gasteiger partial charge in [-0.05, 0) is 99.3 Å². The van der Waals surface area contributed by atoms with E-state index in [2.05, 4.69) is 11.8 Å². The van der Waals surface area contributed by atoms with Gasteiger partial charge in [0, 0.05) is 54.7 Å². The molecule has 1 N–H and O–H groups in total. The van der Waals surface area contributed by atoms with Crippen LogP contribution in [0, 0.1) is 5.82 Å². The van der Waals surface area contributed by atoms with Gasteiger partial charge in [0.1, 0.15) is 17.3 Å². The van der Waals surface area contributed by atoms with Crippen LogP contribution in [0.1, 0.15) is 67.0 Å². The number of carboxylic acids is 1. The fourth-order valence-electron chi connectivity index (χ4n) is 7.42. The minimum Gasteiger partial charge on any atom is -0.493 e. The maximum absolute atomic E-state index is 13.8. The number of aromatic carboxylic acids is 1. The average molecular weight is 703 g/mol. The summed E-state index contributed by atoms with van der Waals surface area (Å²) in [5.41, 5.74) is 5.70. The Kier molecular flexibility index (Phi) is 11.1. The number of carbonyl (C=O) groups is 2. The van der Waals surface area contributed by atoms with Crippen molar-refractivity contribution in [3.8, 4) is 16.9 Å². The molecule has 0 spiro atoms. The minimum absolute atomic E-state index is 0.265. The van der Waals surface area contributed by atoms with Gasteiger partial charge in [0.05, 0.1) is 29.4 Å². The smallest absolute Gasteiger partial charge is 0.352 e. The number of hydrogen-bond donors (Lipinski definition) is 1. The first kappa shape index (κ1) is 35.4. The quantitative estimate of drug-likeness (QED) is 0.104. The summed E-state index contributed by atoms with van der Waals surface area (Å²) in [5, 5.41) is 18.8. The number of unbranched alkanes of at least 4 members (excludes halogenated alkanes) is 1. The van der Waals surface area contributed by atoms with Crippen molar-refractivity contribution >= 4 is 45.2 Å². The molecule has 2 aromatic heterocycles. The van der Waals surface area contributed by atoms with E-state index in [9.17, 15) is 19.1 Å². The Balaban J connectivity index is 1.37. The van der Waals surface area contributed by atoms with Gasteiger partial charge in [0.15, 0.2) is 0 Å². The lowest BCUT2D eigenvalue weighted by Crippen LogP contribution is -2.31. The summed E-state index contributed by atoms with van der Waals surface area (Å²) < 4.78 is 29.1. The molecule has 3 aromatic carbocycles. The highest BCUT2D eigenvalue weighted by Gasteiger charge is 2.29. The van der Waals surface area contributed by atoms with Crippen molar-refractivity contribution in [2.75, 3.05) is 32.8 Å². The van der Waals surface area contributed by atoms with Crippen LogP contribution in [0.2, 0.25) is 5.02 Å². The number of carboxylic acid groups (broad SMARTS) is 1. The highest BCUT2D eigenvalue weighted by atomic mass is 35.5. The van der Waals surface area contributed by atoms with Crippen LogP contribution in [-0.4, -0.2) is 69.1 Å². The largest absolute Gasteiger partial charge is 0.493 e. The third-order valence-electron chi connectivity index (χ3n) is 9.64. The van der Waals surface area contributed by atoms with Gasteiger partial charge in [0.2, 0.25) is 0 Å². The van der Waals surface area contributed by atoms with Crippen LogP contribution in [0.25, 0.3) is 32.8 Å². The van der Waals surface area contributed by atoms with E-state index in [0.29, 0.717) is 49.9 Å². The molecule has 6 rings (SSSR count). The summed E-state index contributed by atoms with van der Waals surface area (Å²) in [6.07, 6.45) is 5.06. The maximum atomic E-state index is 13.8. The van der Waals surface area contributed by atoms with E-state index in [1.54, 1.807) is 6.07 Å². The summed E-state index contributed by atoms with van der Waals surface area (Å²) in [7, 11) is 1.96. The number of ether oxygens (including phenoxy) is 2. The third kappa shape index (κ3) is 7.37. The molecule has 0 unspecified atom stereocenters. The minimum atomic E-state index is -0.986. The van der Waals surface area contributed by atoms with E-state index < -0.39 is 5.97 Å². The molecular formula is C39H44ClFN4O5. The number of carbonyl (C=O) groups excluding carboxylic acids is 1. The third-order valence-corrected chi connectivity index (χ3v) is 9.95. The zero-order chi connectivity index (χ0) is 35.4. The Morgan fingerprint density at radius 1 is 1.00 bits per heavy atom. The van der Waals surface area contributed by atoms with Crippen molar-refractivity contribution in [1.82, 2.24) is 19.2 Å². The molecule has 5 aromatic rings. The van der Waals surface area contributed by atoms with Crippen LogP contribution in [0.5, 0.6) is 5.75 Å². The lowest BCUT2D eigenvalue weighted by Gasteiger charge is -2.23. The number of halogens is 2. The molecule has 0 atom stereocenters. The lowest BCUT2D eigenvalue weighted by molar-refractivity contribution is -0.141. The van der Waals surface area contributed by atoms with E-state index in [-0.39, 0.29) is 17.5 Å². The summed E-state index contributed by atoms with van der Waals surface area (Å²) >= 11 is 7.09. The zero-order valence-corrected chi connectivity index (χ0v) is 29.7. The summed E-state index contributed by atoms with van der Waals surface area (Å²) in [6, 6.07) is 14.0. The Labute approximate surface area is 296 Å². The molecule has 0 radical (unpaired) electrons. The maximum Gasteiger partial charge on any atom is 0.352 e. The van der Waals surface area contributed by atoms with Gasteiger partial charge in [-0.3, -0.25) is 9.48 Å². The van der Waals surface area contributed by atoms with Gasteiger partial charge < -0.3 is 24.0 Å². The van der Waals surface area contributed by atoms with Crippen LogP contribution >= 0.6 is 11.6 Å². The van der Waals surface area contributed by atoms with Crippen LogP contribution in [0.3, 0.4) is 0 Å². The summed E-state index contributed by atoms with van der Waals surface area (Å²) in [6.45, 7) is 7.02. The van der Waals surface area contributed by atoms with E-state index in [1.165, 1.54) is 19.1 Å². The van der Waals surface area contributed by atoms with Gasteiger partial charge in [-0.1, -0.05) is 36.7 Å². The Morgan fingerprint density at radius 2 is 1.82 bits per heavy atom. The predicted molar refractivity (Wildman–Crippen MR) is 194 cm³/mol. The molecule has 3 heterocycles. The molecule has 1 aliphatic heterocycles. The molecule has 0 aliphatic carbocycles. The second-order valence-electron chi connectivity index (χ2n) is 12.9. The van der Waals surface area contributed by atoms with Crippen LogP contribution < -0.4 is 4.74 Å². The number of esters is 1. The zero-order valence-electron chi connectivity index (χ0n) is 28.9. The van der Waals surface area contributed by atoms with Crippen LogP contribution in [0.4, 0.5) is 4.39 Å². The topological polar surface area (TPSA) is 98.8 Å². The van der Waals surface area contributed by atoms with Crippen molar-refractivity contribution in [1.29, 1.82) is 0 Å². The number of benzene rings is 3. The SMILES string of the molecule is CCc1c2c(nn1C)CCCN(CCCCOC(C)=O)CCn1c(C(=O)O)c(CCCOc3cccc4cc(F)ccc34)c3ccc(Cl)c-2c31. The van der Waals surface area contributed by atoms with Crippen molar-refractivity contribution in [3.05, 3.63) is 82.0 Å². The second-order valence-corrected chi connectivity index (χ2v) is 13.3. The van der Waals surface area contributed by atoms with Crippen molar-refractivity contribution in [3.63, 3.8) is 0 Å². The van der Waals surface area contributed by atoms with Crippen molar-refractivity contribution < 1.29 is 28.6 Å². The van der Waals surface area contributed by atoms with E-state index in [0.717, 1.165) is 94.9 Å². The standard InChI is InChI=1S/C39H44ClFN4O5/c1-4-33-36-32(42-43(33)3)12-8-19-44(18-5-6-22-49-25(2)46)20-21-45-37-30(16-17-31(40)35(36)37)29(38(45)39(47)48)11-9-23-50-34-13-7-10-26-24-27(41)14-15-28(26)34/h7,10,13-17,24H,4-6,8-9,11-12,18-23H2,1-3H3,(H,47,48). The fourth-order valence-corrected chi connectivity index (χ4v) is 7.67. The van der Waals surface area contributed by atoms with E-state index in [1.807, 2.05) is 46.6 Å². The molecule has 11 heteroatoms. The van der Waals surface area contributed by atoms with E-state index in [4.69, 9.17) is 26.2 Å². The van der Waals surface area contributed by atoms with Crippen molar-refractivity contribution in [2.24, 2.45) is 7.05 Å². The summed E-state index contributed by atoms with van der Waals surface area (Å²) in [4.78, 5) is 26.8. The molecule has 9 nitrogen and oxygen atoms in total. The summed E-state index contributed by atoms with van der Waals surface area (Å²) in [5.74, 6) is -0.901. The normalized spacial score (nSPS) is 13.7. The molecule has 0 fully saturated rings. The lowest BCUT2D eigenvalue weighted by atomic mass is 9.96. The first-order chi connectivity index (χ1) is 24.2. The number of aromatic nitrogens is 3. The first-order valence-corrected chi connectivity index (χ1v) is 17.8.